The topological polar surface area (TPSA) is 87.1 Å². The second-order valence-electron chi connectivity index (χ2n) is 11.0. The van der Waals surface area contributed by atoms with Gasteiger partial charge >= 0.3 is 0 Å². The van der Waals surface area contributed by atoms with E-state index in [4.69, 9.17) is 9.47 Å². The van der Waals surface area contributed by atoms with Crippen LogP contribution in [-0.4, -0.2) is 51.2 Å². The Labute approximate surface area is 231 Å². The molecule has 0 fully saturated rings. The fourth-order valence-electron chi connectivity index (χ4n) is 4.40. The molecule has 2 aromatic carbocycles. The van der Waals surface area contributed by atoms with Gasteiger partial charge in [-0.25, -0.2) is 5.01 Å². The smallest absolute Gasteiger partial charge is 0.274 e. The standard InChI is InChI=1S/C30H45N3O4S/c1-9-22-12-11-21(17-23(22)10-2)15-16-31-33(20(5)34)18-25(35)24-13-14-26(37-30(6,7)8)27-28(24)38-29(32-27)36-19(3)4/h11-14,17,19-20,25,31,34-35H,9-10,15-16,18H2,1-8H3/t20-,25?/m1/s1. The second-order valence-corrected chi connectivity index (χ2v) is 11.9. The Morgan fingerprint density at radius 2 is 1.74 bits per heavy atom. The predicted molar refractivity (Wildman–Crippen MR) is 156 cm³/mol. The number of hydrogen-bond acceptors (Lipinski definition) is 8. The van der Waals surface area contributed by atoms with Gasteiger partial charge in [0.2, 0.25) is 0 Å². The van der Waals surface area contributed by atoms with E-state index < -0.39 is 17.9 Å². The fraction of sp³-hybridized carbons (Fsp3) is 0.567. The minimum absolute atomic E-state index is 0.0163. The Morgan fingerprint density at radius 1 is 1.03 bits per heavy atom. The van der Waals surface area contributed by atoms with Crippen molar-refractivity contribution in [3.63, 3.8) is 0 Å². The summed E-state index contributed by atoms with van der Waals surface area (Å²) in [6.45, 7) is 16.8. The van der Waals surface area contributed by atoms with Crippen LogP contribution in [0.15, 0.2) is 30.3 Å². The van der Waals surface area contributed by atoms with Crippen molar-refractivity contribution >= 4 is 21.6 Å². The van der Waals surface area contributed by atoms with Crippen molar-refractivity contribution in [2.45, 2.75) is 98.7 Å². The van der Waals surface area contributed by atoms with E-state index in [1.54, 1.807) is 11.9 Å². The van der Waals surface area contributed by atoms with Crippen LogP contribution in [0, 0.1) is 0 Å². The average molecular weight is 544 g/mol. The summed E-state index contributed by atoms with van der Waals surface area (Å²) in [5.74, 6) is 0.657. The highest BCUT2D eigenvalue weighted by Crippen LogP contribution is 2.40. The Morgan fingerprint density at radius 3 is 2.34 bits per heavy atom. The first-order valence-electron chi connectivity index (χ1n) is 13.7. The molecule has 210 valence electrons. The number of hydrazine groups is 1. The normalized spacial score (nSPS) is 13.9. The van der Waals surface area contributed by atoms with Gasteiger partial charge in [0.25, 0.3) is 5.19 Å². The summed E-state index contributed by atoms with van der Waals surface area (Å²) >= 11 is 1.40. The third-order valence-electron chi connectivity index (χ3n) is 6.21. The first kappa shape index (κ1) is 30.3. The van der Waals surface area contributed by atoms with Gasteiger partial charge in [-0.2, -0.15) is 4.98 Å². The van der Waals surface area contributed by atoms with Crippen molar-refractivity contribution in [2.24, 2.45) is 0 Å². The predicted octanol–water partition coefficient (Wildman–Crippen LogP) is 5.81. The number of nitrogens with one attached hydrogen (secondary N) is 1. The number of rotatable bonds is 13. The number of fused-ring (bicyclic) bond motifs is 1. The summed E-state index contributed by atoms with van der Waals surface area (Å²) in [5, 5.41) is 24.0. The van der Waals surface area contributed by atoms with Gasteiger partial charge in [-0.3, -0.25) is 5.43 Å². The molecule has 0 amide bonds. The number of aliphatic hydroxyl groups is 2. The lowest BCUT2D eigenvalue weighted by Crippen LogP contribution is -2.47. The van der Waals surface area contributed by atoms with Crippen LogP contribution < -0.4 is 14.9 Å². The summed E-state index contributed by atoms with van der Waals surface area (Å²) in [6, 6.07) is 10.4. The zero-order valence-corrected chi connectivity index (χ0v) is 25.0. The number of aliphatic hydroxyl groups excluding tert-OH is 2. The van der Waals surface area contributed by atoms with Gasteiger partial charge in [0, 0.05) is 18.7 Å². The van der Waals surface area contributed by atoms with Crippen LogP contribution in [0.2, 0.25) is 0 Å². The van der Waals surface area contributed by atoms with E-state index in [2.05, 4.69) is 42.5 Å². The summed E-state index contributed by atoms with van der Waals surface area (Å²) < 4.78 is 12.9. The summed E-state index contributed by atoms with van der Waals surface area (Å²) in [7, 11) is 0. The fourth-order valence-corrected chi connectivity index (χ4v) is 5.51. The van der Waals surface area contributed by atoms with Crippen LogP contribution in [0.3, 0.4) is 0 Å². The maximum atomic E-state index is 11.3. The van der Waals surface area contributed by atoms with E-state index in [-0.39, 0.29) is 12.6 Å². The van der Waals surface area contributed by atoms with Crippen molar-refractivity contribution in [2.75, 3.05) is 13.1 Å². The Balaban J connectivity index is 1.77. The molecule has 38 heavy (non-hydrogen) atoms. The molecule has 1 unspecified atom stereocenters. The van der Waals surface area contributed by atoms with E-state index >= 15 is 0 Å². The molecule has 0 aliphatic carbocycles. The molecule has 0 saturated heterocycles. The van der Waals surface area contributed by atoms with Crippen LogP contribution >= 0.6 is 11.3 Å². The summed E-state index contributed by atoms with van der Waals surface area (Å²) in [6.07, 6.45) is 1.23. The highest BCUT2D eigenvalue weighted by atomic mass is 32.1. The van der Waals surface area contributed by atoms with Crippen molar-refractivity contribution in [1.82, 2.24) is 15.4 Å². The number of thiazole rings is 1. The number of nitrogens with zero attached hydrogens (tertiary/aromatic N) is 2. The van der Waals surface area contributed by atoms with Crippen molar-refractivity contribution in [1.29, 1.82) is 0 Å². The van der Waals surface area contributed by atoms with Crippen LogP contribution in [0.1, 0.15) is 83.7 Å². The van der Waals surface area contributed by atoms with Crippen molar-refractivity contribution in [3.05, 3.63) is 52.6 Å². The van der Waals surface area contributed by atoms with Gasteiger partial charge in [-0.15, -0.1) is 0 Å². The number of aryl methyl sites for hydroxylation is 2. The molecule has 0 radical (unpaired) electrons. The van der Waals surface area contributed by atoms with Gasteiger partial charge in [0.15, 0.2) is 0 Å². The number of aromatic nitrogens is 1. The Kier molecular flexibility index (Phi) is 10.5. The lowest BCUT2D eigenvalue weighted by atomic mass is 9.99. The van der Waals surface area contributed by atoms with Crippen LogP contribution in [-0.2, 0) is 19.3 Å². The van der Waals surface area contributed by atoms with Gasteiger partial charge < -0.3 is 19.7 Å². The minimum Gasteiger partial charge on any atom is -0.486 e. The van der Waals surface area contributed by atoms with Crippen LogP contribution in [0.4, 0.5) is 0 Å². The molecule has 0 aliphatic rings. The number of ether oxygens (including phenoxy) is 2. The second kappa shape index (κ2) is 13.2. The molecule has 1 aromatic heterocycles. The Bertz CT molecular complexity index is 1190. The summed E-state index contributed by atoms with van der Waals surface area (Å²) in [5.41, 5.74) is 8.38. The molecule has 7 nitrogen and oxygen atoms in total. The molecule has 1 heterocycles. The number of hydrogen-bond donors (Lipinski definition) is 3. The van der Waals surface area contributed by atoms with Crippen molar-refractivity contribution in [3.8, 4) is 10.9 Å². The molecule has 8 heteroatoms. The first-order valence-corrected chi connectivity index (χ1v) is 14.5. The molecule has 3 aromatic rings. The van der Waals surface area contributed by atoms with Gasteiger partial charge in [0.1, 0.15) is 23.1 Å². The first-order chi connectivity index (χ1) is 17.9. The largest absolute Gasteiger partial charge is 0.486 e. The minimum atomic E-state index is -0.855. The molecular weight excluding hydrogens is 498 g/mol. The van der Waals surface area contributed by atoms with Crippen LogP contribution in [0.25, 0.3) is 10.2 Å². The molecule has 0 spiro atoms. The van der Waals surface area contributed by atoms with Gasteiger partial charge in [-0.1, -0.05) is 49.4 Å². The highest BCUT2D eigenvalue weighted by Gasteiger charge is 2.24. The maximum Gasteiger partial charge on any atom is 0.274 e. The van der Waals surface area contributed by atoms with E-state index in [1.165, 1.54) is 28.0 Å². The molecule has 0 saturated carbocycles. The third kappa shape index (κ3) is 8.13. The van der Waals surface area contributed by atoms with Gasteiger partial charge in [0.05, 0.1) is 16.9 Å². The quantitative estimate of drug-likeness (QED) is 0.185. The summed E-state index contributed by atoms with van der Waals surface area (Å²) in [4.78, 5) is 4.69. The average Bonchev–Trinajstić information content (AvgIpc) is 3.25. The monoisotopic (exact) mass is 543 g/mol. The van der Waals surface area contributed by atoms with E-state index in [0.29, 0.717) is 23.0 Å². The van der Waals surface area contributed by atoms with E-state index in [9.17, 15) is 10.2 Å². The SMILES string of the molecule is CCc1ccc(CCNN(CC(O)c2ccc(OC(C)(C)C)c3nc(OC(C)C)sc23)[C@@H](C)O)cc1CC. The number of benzene rings is 2. The molecule has 3 N–H and O–H groups in total. The Hall–Kier alpha value is -2.23. The van der Waals surface area contributed by atoms with Crippen LogP contribution in [0.5, 0.6) is 10.9 Å². The third-order valence-corrected chi connectivity index (χ3v) is 7.21. The molecule has 3 rings (SSSR count). The van der Waals surface area contributed by atoms with Crippen molar-refractivity contribution < 1.29 is 19.7 Å². The lowest BCUT2D eigenvalue weighted by molar-refractivity contribution is -0.0445. The highest BCUT2D eigenvalue weighted by molar-refractivity contribution is 7.20. The zero-order valence-electron chi connectivity index (χ0n) is 24.2. The molecule has 0 aliphatic heterocycles. The molecular formula is C30H45N3O4S. The molecule has 2 atom stereocenters. The molecule has 0 bridgehead atoms. The van der Waals surface area contributed by atoms with E-state index in [0.717, 1.165) is 29.5 Å². The maximum absolute atomic E-state index is 11.3. The van der Waals surface area contributed by atoms with Gasteiger partial charge in [-0.05, 0) is 83.6 Å². The lowest BCUT2D eigenvalue weighted by Gasteiger charge is -2.29. The zero-order chi connectivity index (χ0) is 28.0. The van der Waals surface area contributed by atoms with E-state index in [1.807, 2.05) is 46.8 Å².